The van der Waals surface area contributed by atoms with E-state index in [0.29, 0.717) is 10.6 Å². The molecule has 8 heteroatoms. The Balaban J connectivity index is 1.73. The highest BCUT2D eigenvalue weighted by Crippen LogP contribution is 2.31. The van der Waals surface area contributed by atoms with Crippen LogP contribution in [0.5, 0.6) is 0 Å². The van der Waals surface area contributed by atoms with E-state index in [4.69, 9.17) is 4.74 Å². The van der Waals surface area contributed by atoms with E-state index in [2.05, 4.69) is 0 Å². The SMILES string of the molecule is O=C(OCC(=O)c1cccs1)c1ccc(N2CCCCCC2)c([N+](=O)[O-])c1. The molecular weight excluding hydrogens is 368 g/mol. The Morgan fingerprint density at radius 3 is 2.52 bits per heavy atom. The van der Waals surface area contributed by atoms with E-state index in [0.717, 1.165) is 38.8 Å². The van der Waals surface area contributed by atoms with Crippen molar-refractivity contribution in [2.45, 2.75) is 25.7 Å². The lowest BCUT2D eigenvalue weighted by Gasteiger charge is -2.22. The highest BCUT2D eigenvalue weighted by molar-refractivity contribution is 7.12. The Labute approximate surface area is 160 Å². The molecule has 0 spiro atoms. The molecule has 0 amide bonds. The smallest absolute Gasteiger partial charge is 0.338 e. The van der Waals surface area contributed by atoms with Gasteiger partial charge < -0.3 is 9.64 Å². The molecule has 1 saturated heterocycles. The number of rotatable bonds is 6. The van der Waals surface area contributed by atoms with Crippen LogP contribution in [0, 0.1) is 10.1 Å². The number of nitrogens with zero attached hydrogens (tertiary/aromatic N) is 2. The van der Waals surface area contributed by atoms with E-state index in [1.165, 1.54) is 23.5 Å². The number of anilines is 1. The number of thiophene rings is 1. The molecule has 1 aromatic carbocycles. The van der Waals surface area contributed by atoms with Crippen LogP contribution in [0.3, 0.4) is 0 Å². The molecule has 0 aliphatic carbocycles. The second-order valence-electron chi connectivity index (χ2n) is 6.34. The zero-order valence-electron chi connectivity index (χ0n) is 14.8. The van der Waals surface area contributed by atoms with Gasteiger partial charge in [-0.2, -0.15) is 0 Å². The Morgan fingerprint density at radius 2 is 1.89 bits per heavy atom. The van der Waals surface area contributed by atoms with E-state index in [-0.39, 0.29) is 23.6 Å². The summed E-state index contributed by atoms with van der Waals surface area (Å²) in [5, 5.41) is 13.3. The standard InChI is InChI=1S/C19H20N2O5S/c22-17(18-6-5-11-27-18)13-26-19(23)14-7-8-15(16(12-14)21(24)25)20-9-3-1-2-4-10-20/h5-8,11-12H,1-4,9-10,13H2. The topological polar surface area (TPSA) is 89.8 Å². The average molecular weight is 388 g/mol. The third kappa shape index (κ3) is 4.71. The minimum absolute atomic E-state index is 0.0688. The van der Waals surface area contributed by atoms with Gasteiger partial charge in [0.2, 0.25) is 5.78 Å². The molecule has 1 aliphatic heterocycles. The summed E-state index contributed by atoms with van der Waals surface area (Å²) in [5.74, 6) is -1.04. The Kier molecular flexibility index (Phi) is 6.18. The summed E-state index contributed by atoms with van der Waals surface area (Å²) in [6, 6.07) is 7.75. The number of nitro benzene ring substituents is 1. The molecule has 3 rings (SSSR count). The molecule has 142 valence electrons. The number of ketones is 1. The van der Waals surface area contributed by atoms with Gasteiger partial charge in [0.15, 0.2) is 6.61 Å². The zero-order chi connectivity index (χ0) is 19.2. The van der Waals surface area contributed by atoms with Crippen LogP contribution in [0.15, 0.2) is 35.7 Å². The van der Waals surface area contributed by atoms with Crippen molar-refractivity contribution in [2.24, 2.45) is 0 Å². The van der Waals surface area contributed by atoms with Crippen molar-refractivity contribution in [3.05, 3.63) is 56.3 Å². The van der Waals surface area contributed by atoms with E-state index in [9.17, 15) is 19.7 Å². The molecule has 0 bridgehead atoms. The summed E-state index contributed by atoms with van der Waals surface area (Å²) >= 11 is 1.27. The summed E-state index contributed by atoms with van der Waals surface area (Å²) in [6.07, 6.45) is 4.22. The van der Waals surface area contributed by atoms with E-state index in [1.54, 1.807) is 23.6 Å². The molecule has 27 heavy (non-hydrogen) atoms. The number of benzene rings is 1. The second kappa shape index (κ2) is 8.77. The fraction of sp³-hybridized carbons (Fsp3) is 0.368. The number of carbonyl (C=O) groups is 2. The molecule has 1 aromatic heterocycles. The van der Waals surface area contributed by atoms with Crippen molar-refractivity contribution < 1.29 is 19.2 Å². The van der Waals surface area contributed by atoms with Gasteiger partial charge in [-0.05, 0) is 36.4 Å². The lowest BCUT2D eigenvalue weighted by Crippen LogP contribution is -2.25. The molecule has 0 saturated carbocycles. The lowest BCUT2D eigenvalue weighted by molar-refractivity contribution is -0.384. The first-order chi connectivity index (χ1) is 13.1. The van der Waals surface area contributed by atoms with Gasteiger partial charge in [0.25, 0.3) is 5.69 Å². The lowest BCUT2D eigenvalue weighted by atomic mass is 10.1. The van der Waals surface area contributed by atoms with Crippen LogP contribution in [0.25, 0.3) is 0 Å². The molecule has 1 fully saturated rings. The maximum atomic E-state index is 12.2. The van der Waals surface area contributed by atoms with Gasteiger partial charge in [-0.15, -0.1) is 11.3 Å². The molecule has 0 N–H and O–H groups in total. The van der Waals surface area contributed by atoms with Crippen LogP contribution in [0.4, 0.5) is 11.4 Å². The van der Waals surface area contributed by atoms with Gasteiger partial charge in [0, 0.05) is 19.2 Å². The quantitative estimate of drug-likeness (QED) is 0.321. The van der Waals surface area contributed by atoms with Crippen LogP contribution >= 0.6 is 11.3 Å². The molecule has 1 aliphatic rings. The van der Waals surface area contributed by atoms with Crippen LogP contribution in [0.2, 0.25) is 0 Å². The fourth-order valence-electron chi connectivity index (χ4n) is 3.10. The third-order valence-electron chi connectivity index (χ3n) is 4.48. The molecular formula is C19H20N2O5S. The number of Topliss-reactive ketones (excluding diaryl/α,β-unsaturated/α-hetero) is 1. The van der Waals surface area contributed by atoms with Crippen molar-refractivity contribution in [3.8, 4) is 0 Å². The predicted molar refractivity (Wildman–Crippen MR) is 103 cm³/mol. The van der Waals surface area contributed by atoms with Crippen molar-refractivity contribution >= 4 is 34.5 Å². The molecule has 0 radical (unpaired) electrons. The van der Waals surface area contributed by atoms with Gasteiger partial charge >= 0.3 is 5.97 Å². The Bertz CT molecular complexity index is 827. The first kappa shape index (κ1) is 19.0. The van der Waals surface area contributed by atoms with Crippen molar-refractivity contribution in [1.82, 2.24) is 0 Å². The van der Waals surface area contributed by atoms with Crippen molar-refractivity contribution in [1.29, 1.82) is 0 Å². The summed E-state index contributed by atoms with van der Waals surface area (Å²) in [7, 11) is 0. The summed E-state index contributed by atoms with van der Waals surface area (Å²) < 4.78 is 5.04. The van der Waals surface area contributed by atoms with Gasteiger partial charge in [0.1, 0.15) is 5.69 Å². The minimum Gasteiger partial charge on any atom is -0.454 e. The van der Waals surface area contributed by atoms with Gasteiger partial charge in [-0.1, -0.05) is 18.9 Å². The van der Waals surface area contributed by atoms with E-state index >= 15 is 0 Å². The first-order valence-electron chi connectivity index (χ1n) is 8.83. The van der Waals surface area contributed by atoms with Gasteiger partial charge in [-0.3, -0.25) is 14.9 Å². The largest absolute Gasteiger partial charge is 0.454 e. The number of esters is 1. The van der Waals surface area contributed by atoms with Gasteiger partial charge in [0.05, 0.1) is 15.4 Å². The number of carbonyl (C=O) groups excluding carboxylic acids is 2. The van der Waals surface area contributed by atoms with Crippen LogP contribution < -0.4 is 4.90 Å². The molecule has 2 aromatic rings. The minimum atomic E-state index is -0.745. The maximum absolute atomic E-state index is 12.2. The van der Waals surface area contributed by atoms with E-state index < -0.39 is 10.9 Å². The highest BCUT2D eigenvalue weighted by atomic mass is 32.1. The average Bonchev–Trinajstić information content (AvgIpc) is 3.08. The normalized spacial score (nSPS) is 14.4. The number of nitro groups is 1. The van der Waals surface area contributed by atoms with Crippen molar-refractivity contribution in [2.75, 3.05) is 24.6 Å². The number of hydrogen-bond donors (Lipinski definition) is 0. The second-order valence-corrected chi connectivity index (χ2v) is 7.29. The monoisotopic (exact) mass is 388 g/mol. The summed E-state index contributed by atoms with van der Waals surface area (Å²) in [5.41, 5.74) is 0.475. The summed E-state index contributed by atoms with van der Waals surface area (Å²) in [4.78, 5) is 37.7. The Morgan fingerprint density at radius 1 is 1.15 bits per heavy atom. The van der Waals surface area contributed by atoms with Crippen molar-refractivity contribution in [3.63, 3.8) is 0 Å². The molecule has 2 heterocycles. The van der Waals surface area contributed by atoms with Crippen LogP contribution in [-0.2, 0) is 4.74 Å². The summed E-state index contributed by atoms with van der Waals surface area (Å²) in [6.45, 7) is 1.14. The van der Waals surface area contributed by atoms with E-state index in [1.807, 2.05) is 4.90 Å². The van der Waals surface area contributed by atoms with Gasteiger partial charge in [-0.25, -0.2) is 4.79 Å². The maximum Gasteiger partial charge on any atom is 0.338 e. The third-order valence-corrected chi connectivity index (χ3v) is 5.40. The zero-order valence-corrected chi connectivity index (χ0v) is 15.6. The number of ether oxygens (including phenoxy) is 1. The van der Waals surface area contributed by atoms with Crippen LogP contribution in [0.1, 0.15) is 45.7 Å². The molecule has 7 nitrogen and oxygen atoms in total. The fourth-order valence-corrected chi connectivity index (χ4v) is 3.75. The van der Waals surface area contributed by atoms with Crippen LogP contribution in [-0.4, -0.2) is 36.4 Å². The predicted octanol–water partition coefficient (Wildman–Crippen LogP) is 4.08. The highest BCUT2D eigenvalue weighted by Gasteiger charge is 2.23. The Hall–Kier alpha value is -2.74. The molecule has 0 atom stereocenters. The molecule has 0 unspecified atom stereocenters. The number of hydrogen-bond acceptors (Lipinski definition) is 7. The first-order valence-corrected chi connectivity index (χ1v) is 9.71.